The second-order valence-electron chi connectivity index (χ2n) is 7.25. The molecule has 0 aliphatic rings. The highest BCUT2D eigenvalue weighted by Gasteiger charge is 2.20. The summed E-state index contributed by atoms with van der Waals surface area (Å²) < 4.78 is 26.8. The number of amides is 2. The number of carbonyl (C=O) groups is 2. The molecular formula is C21H27N3O4S. The van der Waals surface area contributed by atoms with Crippen LogP contribution in [0.1, 0.15) is 40.9 Å². The molecule has 2 rings (SSSR count). The predicted octanol–water partition coefficient (Wildman–Crippen LogP) is 3.37. The lowest BCUT2D eigenvalue weighted by atomic mass is 10.1. The van der Waals surface area contributed by atoms with E-state index < -0.39 is 15.9 Å². The second-order valence-corrected chi connectivity index (χ2v) is 9.11. The van der Waals surface area contributed by atoms with Gasteiger partial charge in [0.2, 0.25) is 15.9 Å². The topological polar surface area (TPSA) is 104 Å². The molecule has 0 heterocycles. The van der Waals surface area contributed by atoms with E-state index in [9.17, 15) is 18.0 Å². The van der Waals surface area contributed by atoms with Crippen molar-refractivity contribution < 1.29 is 18.0 Å². The van der Waals surface area contributed by atoms with Crippen LogP contribution in [-0.2, 0) is 14.8 Å². The van der Waals surface area contributed by atoms with Gasteiger partial charge in [-0.05, 0) is 68.8 Å². The third-order valence-electron chi connectivity index (χ3n) is 4.72. The minimum Gasteiger partial charge on any atom is -0.326 e. The van der Waals surface area contributed by atoms with Crippen LogP contribution in [0.15, 0.2) is 35.2 Å². The fourth-order valence-electron chi connectivity index (χ4n) is 2.66. The SMILES string of the molecule is CNS(=O)(=O)c1cc(C(=O)Nc2cc(NC(=O)C(C)C)ccc2C)cc(C)c1C. The fraction of sp³-hybridized carbons (Fsp3) is 0.333. The molecule has 156 valence electrons. The zero-order chi connectivity index (χ0) is 21.9. The van der Waals surface area contributed by atoms with Gasteiger partial charge in [-0.25, -0.2) is 13.1 Å². The van der Waals surface area contributed by atoms with Crippen molar-refractivity contribution >= 4 is 33.2 Å². The van der Waals surface area contributed by atoms with E-state index in [0.717, 1.165) is 5.56 Å². The molecule has 2 aromatic carbocycles. The summed E-state index contributed by atoms with van der Waals surface area (Å²) in [5.74, 6) is -0.726. The molecule has 0 fully saturated rings. The molecule has 0 saturated heterocycles. The third kappa shape index (κ3) is 5.21. The number of hydrogen-bond acceptors (Lipinski definition) is 4. The van der Waals surface area contributed by atoms with Crippen LogP contribution in [0.25, 0.3) is 0 Å². The molecule has 0 saturated carbocycles. The zero-order valence-corrected chi connectivity index (χ0v) is 18.3. The molecule has 0 radical (unpaired) electrons. The Labute approximate surface area is 172 Å². The highest BCUT2D eigenvalue weighted by atomic mass is 32.2. The summed E-state index contributed by atoms with van der Waals surface area (Å²) in [6.45, 7) is 8.88. The molecule has 7 nitrogen and oxygen atoms in total. The number of rotatable bonds is 6. The number of carbonyl (C=O) groups excluding carboxylic acids is 2. The Morgan fingerprint density at radius 1 is 0.931 bits per heavy atom. The highest BCUT2D eigenvalue weighted by molar-refractivity contribution is 7.89. The Bertz CT molecular complexity index is 1060. The molecule has 0 aliphatic carbocycles. The Kier molecular flexibility index (Phi) is 6.81. The van der Waals surface area contributed by atoms with Crippen molar-refractivity contribution in [3.05, 3.63) is 52.6 Å². The van der Waals surface area contributed by atoms with Crippen LogP contribution in [0.4, 0.5) is 11.4 Å². The van der Waals surface area contributed by atoms with Crippen LogP contribution in [0.3, 0.4) is 0 Å². The molecule has 3 N–H and O–H groups in total. The van der Waals surface area contributed by atoms with Crippen LogP contribution < -0.4 is 15.4 Å². The van der Waals surface area contributed by atoms with E-state index in [-0.39, 0.29) is 22.3 Å². The van der Waals surface area contributed by atoms with Crippen molar-refractivity contribution in [2.75, 3.05) is 17.7 Å². The first kappa shape index (κ1) is 22.6. The van der Waals surface area contributed by atoms with Gasteiger partial charge in [-0.1, -0.05) is 19.9 Å². The number of hydrogen-bond donors (Lipinski definition) is 3. The summed E-state index contributed by atoms with van der Waals surface area (Å²) >= 11 is 0. The van der Waals surface area contributed by atoms with Crippen molar-refractivity contribution in [3.8, 4) is 0 Å². The standard InChI is InChI=1S/C21H27N3O4S/c1-12(2)20(25)23-17-8-7-13(3)18(11-17)24-21(26)16-9-14(4)15(5)19(10-16)29(27,28)22-6/h7-12,22H,1-6H3,(H,23,25)(H,24,26). The van der Waals surface area contributed by atoms with E-state index in [2.05, 4.69) is 15.4 Å². The Morgan fingerprint density at radius 2 is 1.59 bits per heavy atom. The van der Waals surface area contributed by atoms with E-state index >= 15 is 0 Å². The molecule has 2 amide bonds. The molecule has 0 unspecified atom stereocenters. The van der Waals surface area contributed by atoms with E-state index in [1.165, 1.54) is 13.1 Å². The molecule has 0 aromatic heterocycles. The van der Waals surface area contributed by atoms with Gasteiger partial charge in [0, 0.05) is 22.9 Å². The quantitative estimate of drug-likeness (QED) is 0.670. The van der Waals surface area contributed by atoms with Gasteiger partial charge in [0.25, 0.3) is 5.91 Å². The van der Waals surface area contributed by atoms with Crippen molar-refractivity contribution in [1.82, 2.24) is 4.72 Å². The Hall–Kier alpha value is -2.71. The fourth-order valence-corrected chi connectivity index (χ4v) is 3.73. The first-order valence-corrected chi connectivity index (χ1v) is 10.7. The molecule has 2 aromatic rings. The van der Waals surface area contributed by atoms with E-state index in [1.54, 1.807) is 52.0 Å². The highest BCUT2D eigenvalue weighted by Crippen LogP contribution is 2.24. The van der Waals surface area contributed by atoms with Crippen LogP contribution in [0.5, 0.6) is 0 Å². The molecule has 0 spiro atoms. The summed E-state index contributed by atoms with van der Waals surface area (Å²) in [7, 11) is -2.36. The predicted molar refractivity (Wildman–Crippen MR) is 115 cm³/mol. The van der Waals surface area contributed by atoms with Crippen LogP contribution in [0, 0.1) is 26.7 Å². The van der Waals surface area contributed by atoms with Crippen molar-refractivity contribution in [1.29, 1.82) is 0 Å². The van der Waals surface area contributed by atoms with Crippen molar-refractivity contribution in [2.45, 2.75) is 39.5 Å². The first-order valence-electron chi connectivity index (χ1n) is 9.24. The number of anilines is 2. The van der Waals surface area contributed by atoms with Crippen LogP contribution in [-0.4, -0.2) is 27.3 Å². The largest absolute Gasteiger partial charge is 0.326 e. The second kappa shape index (κ2) is 8.75. The van der Waals surface area contributed by atoms with Gasteiger partial charge in [-0.3, -0.25) is 9.59 Å². The van der Waals surface area contributed by atoms with Crippen molar-refractivity contribution in [2.24, 2.45) is 5.92 Å². The Morgan fingerprint density at radius 3 is 2.17 bits per heavy atom. The van der Waals surface area contributed by atoms with Gasteiger partial charge >= 0.3 is 0 Å². The van der Waals surface area contributed by atoms with Gasteiger partial charge in [-0.15, -0.1) is 0 Å². The summed E-state index contributed by atoms with van der Waals surface area (Å²) in [5.41, 5.74) is 3.44. The van der Waals surface area contributed by atoms with Gasteiger partial charge in [-0.2, -0.15) is 0 Å². The summed E-state index contributed by atoms with van der Waals surface area (Å²) in [6, 6.07) is 8.25. The first-order chi connectivity index (χ1) is 13.5. The maximum Gasteiger partial charge on any atom is 0.255 e. The number of benzene rings is 2. The maximum atomic E-state index is 12.8. The molecular weight excluding hydrogens is 390 g/mol. The summed E-state index contributed by atoms with van der Waals surface area (Å²) in [5, 5.41) is 5.60. The minimum atomic E-state index is -3.69. The van der Waals surface area contributed by atoms with Crippen LogP contribution in [0.2, 0.25) is 0 Å². The van der Waals surface area contributed by atoms with Gasteiger partial charge in [0.05, 0.1) is 4.90 Å². The minimum absolute atomic E-state index is 0.0693. The number of nitrogens with one attached hydrogen (secondary N) is 3. The number of sulfonamides is 1. The monoisotopic (exact) mass is 417 g/mol. The smallest absolute Gasteiger partial charge is 0.255 e. The third-order valence-corrected chi connectivity index (χ3v) is 6.26. The average Bonchev–Trinajstić information content (AvgIpc) is 2.66. The normalized spacial score (nSPS) is 11.4. The Balaban J connectivity index is 2.37. The average molecular weight is 418 g/mol. The van der Waals surface area contributed by atoms with E-state index in [4.69, 9.17) is 0 Å². The zero-order valence-electron chi connectivity index (χ0n) is 17.5. The molecule has 0 atom stereocenters. The van der Waals surface area contributed by atoms with Crippen LogP contribution >= 0.6 is 0 Å². The summed E-state index contributed by atoms with van der Waals surface area (Å²) in [4.78, 5) is 24.8. The number of aryl methyl sites for hydroxylation is 2. The lowest BCUT2D eigenvalue weighted by Gasteiger charge is -2.15. The molecule has 0 bridgehead atoms. The van der Waals surface area contributed by atoms with Gasteiger partial charge in [0.15, 0.2) is 0 Å². The molecule has 29 heavy (non-hydrogen) atoms. The van der Waals surface area contributed by atoms with E-state index in [0.29, 0.717) is 22.5 Å². The maximum absolute atomic E-state index is 12.8. The van der Waals surface area contributed by atoms with Gasteiger partial charge < -0.3 is 10.6 Å². The lowest BCUT2D eigenvalue weighted by molar-refractivity contribution is -0.118. The van der Waals surface area contributed by atoms with E-state index in [1.807, 2.05) is 6.92 Å². The van der Waals surface area contributed by atoms with Gasteiger partial charge in [0.1, 0.15) is 0 Å². The summed E-state index contributed by atoms with van der Waals surface area (Å²) in [6.07, 6.45) is 0. The van der Waals surface area contributed by atoms with Crippen molar-refractivity contribution in [3.63, 3.8) is 0 Å². The molecule has 0 aliphatic heterocycles. The lowest BCUT2D eigenvalue weighted by Crippen LogP contribution is -2.21. The molecule has 8 heteroatoms.